The van der Waals surface area contributed by atoms with Crippen LogP contribution in [0.3, 0.4) is 0 Å². The second kappa shape index (κ2) is 11.1. The lowest BCUT2D eigenvalue weighted by atomic mass is 10.1. The predicted molar refractivity (Wildman–Crippen MR) is 124 cm³/mol. The van der Waals surface area contributed by atoms with E-state index >= 15 is 0 Å². The van der Waals surface area contributed by atoms with Gasteiger partial charge in [-0.1, -0.05) is 11.6 Å². The van der Waals surface area contributed by atoms with Crippen LogP contribution in [0.4, 0.5) is 11.5 Å². The normalized spacial score (nSPS) is 14.1. The molecule has 9 nitrogen and oxygen atoms in total. The Bertz CT molecular complexity index is 1070. The minimum atomic E-state index is -1.42. The minimum Gasteiger partial charge on any atom is -0.493 e. The van der Waals surface area contributed by atoms with Crippen molar-refractivity contribution < 1.29 is 29.9 Å². The summed E-state index contributed by atoms with van der Waals surface area (Å²) in [6.07, 6.45) is -2.51. The highest BCUT2D eigenvalue weighted by Gasteiger charge is 2.28. The van der Waals surface area contributed by atoms with Crippen LogP contribution in [-0.4, -0.2) is 69.0 Å². The molecule has 0 fully saturated rings. The molecule has 0 spiro atoms. The molecule has 0 unspecified atom stereocenters. The quantitative estimate of drug-likeness (QED) is 0.269. The highest BCUT2D eigenvalue weighted by Crippen LogP contribution is 2.36. The fourth-order valence-electron chi connectivity index (χ4n) is 3.05. The summed E-state index contributed by atoms with van der Waals surface area (Å²) in [6.45, 7) is -0.877. The molecule has 0 saturated heterocycles. The summed E-state index contributed by atoms with van der Waals surface area (Å²) in [5, 5.41) is 43.2. The third-order valence-corrected chi connectivity index (χ3v) is 5.99. The van der Waals surface area contributed by atoms with Crippen molar-refractivity contribution in [1.29, 1.82) is 0 Å². The zero-order valence-electron chi connectivity index (χ0n) is 17.1. The lowest BCUT2D eigenvalue weighted by molar-refractivity contribution is -0.0718. The SMILES string of the molecule is COc1cc2c(Nc3ccc(Br)c(Cl)c3)ncnc2cc1O[C@@H](CO)[C@@H](O)[C@H](O)CCO. The molecule has 0 aliphatic carbocycles. The van der Waals surface area contributed by atoms with E-state index in [1.54, 1.807) is 18.2 Å². The summed E-state index contributed by atoms with van der Waals surface area (Å²) in [7, 11) is 1.45. The van der Waals surface area contributed by atoms with Gasteiger partial charge in [-0.15, -0.1) is 0 Å². The van der Waals surface area contributed by atoms with Crippen LogP contribution in [0.1, 0.15) is 6.42 Å². The summed E-state index contributed by atoms with van der Waals surface area (Å²) < 4.78 is 11.9. The second-order valence-corrected chi connectivity index (χ2v) is 8.17. The van der Waals surface area contributed by atoms with Gasteiger partial charge in [-0.2, -0.15) is 0 Å². The molecule has 1 heterocycles. The van der Waals surface area contributed by atoms with E-state index in [2.05, 4.69) is 31.2 Å². The number of nitrogens with one attached hydrogen (secondary N) is 1. The van der Waals surface area contributed by atoms with Crippen molar-refractivity contribution >= 4 is 49.9 Å². The van der Waals surface area contributed by atoms with Crippen LogP contribution in [0.15, 0.2) is 41.1 Å². The van der Waals surface area contributed by atoms with E-state index in [0.29, 0.717) is 27.5 Å². The summed E-state index contributed by atoms with van der Waals surface area (Å²) in [5.74, 6) is 1.03. The van der Waals surface area contributed by atoms with Gasteiger partial charge in [0.25, 0.3) is 0 Å². The van der Waals surface area contributed by atoms with Gasteiger partial charge < -0.3 is 35.2 Å². The number of aliphatic hydroxyl groups is 4. The maximum atomic E-state index is 10.3. The molecule has 2 aromatic carbocycles. The Labute approximate surface area is 197 Å². The standard InChI is InChI=1S/C21H23BrClN3O6/c1-31-17-7-12-15(8-18(17)32-19(9-28)20(30)16(29)4-5-27)24-10-25-21(12)26-11-2-3-13(22)14(23)6-11/h2-3,6-8,10,16,19-20,27-30H,4-5,9H2,1H3,(H,24,25,26)/t16-,19+,20+/m1/s1. The van der Waals surface area contributed by atoms with Crippen LogP contribution in [0.5, 0.6) is 11.5 Å². The van der Waals surface area contributed by atoms with Crippen molar-refractivity contribution in [2.45, 2.75) is 24.7 Å². The number of ether oxygens (including phenoxy) is 2. The molecule has 5 N–H and O–H groups in total. The topological polar surface area (TPSA) is 137 Å². The van der Waals surface area contributed by atoms with Crippen LogP contribution in [0.25, 0.3) is 10.9 Å². The number of aliphatic hydroxyl groups excluding tert-OH is 4. The summed E-state index contributed by atoms with van der Waals surface area (Å²) >= 11 is 9.52. The molecule has 11 heteroatoms. The molecular formula is C21H23BrClN3O6. The van der Waals surface area contributed by atoms with E-state index in [1.807, 2.05) is 12.1 Å². The number of fused-ring (bicyclic) bond motifs is 1. The molecule has 3 aromatic rings. The van der Waals surface area contributed by atoms with Crippen molar-refractivity contribution in [3.05, 3.63) is 46.2 Å². The molecule has 1 aromatic heterocycles. The van der Waals surface area contributed by atoms with Gasteiger partial charge in [0.05, 0.1) is 30.4 Å². The molecule has 0 saturated carbocycles. The molecule has 0 radical (unpaired) electrons. The average molecular weight is 529 g/mol. The molecule has 0 amide bonds. The zero-order chi connectivity index (χ0) is 23.3. The number of anilines is 2. The molecule has 172 valence electrons. The lowest BCUT2D eigenvalue weighted by Crippen LogP contribution is -2.43. The van der Waals surface area contributed by atoms with Crippen molar-refractivity contribution in [2.75, 3.05) is 25.6 Å². The first-order valence-electron chi connectivity index (χ1n) is 9.67. The summed E-state index contributed by atoms with van der Waals surface area (Å²) in [6, 6.07) is 8.65. The van der Waals surface area contributed by atoms with Gasteiger partial charge in [-0.25, -0.2) is 9.97 Å². The predicted octanol–water partition coefficient (Wildman–Crippen LogP) is 2.64. The number of methoxy groups -OCH3 is 1. The first-order valence-corrected chi connectivity index (χ1v) is 10.8. The zero-order valence-corrected chi connectivity index (χ0v) is 19.4. The van der Waals surface area contributed by atoms with Crippen molar-refractivity contribution in [3.8, 4) is 11.5 Å². The highest BCUT2D eigenvalue weighted by atomic mass is 79.9. The highest BCUT2D eigenvalue weighted by molar-refractivity contribution is 9.10. The molecule has 3 atom stereocenters. The second-order valence-electron chi connectivity index (χ2n) is 6.91. The van der Waals surface area contributed by atoms with Crippen molar-refractivity contribution in [3.63, 3.8) is 0 Å². The fourth-order valence-corrected chi connectivity index (χ4v) is 3.48. The van der Waals surface area contributed by atoms with Gasteiger partial charge in [0, 0.05) is 28.2 Å². The van der Waals surface area contributed by atoms with Gasteiger partial charge >= 0.3 is 0 Å². The number of hydrogen-bond acceptors (Lipinski definition) is 9. The van der Waals surface area contributed by atoms with E-state index < -0.39 is 24.9 Å². The number of benzene rings is 2. The number of hydrogen-bond donors (Lipinski definition) is 5. The molecule has 32 heavy (non-hydrogen) atoms. The van der Waals surface area contributed by atoms with Gasteiger partial charge in [-0.05, 0) is 46.6 Å². The van der Waals surface area contributed by atoms with Gasteiger partial charge in [0.2, 0.25) is 0 Å². The third kappa shape index (κ3) is 5.58. The van der Waals surface area contributed by atoms with E-state index in [0.717, 1.165) is 10.2 Å². The molecule has 0 aliphatic heterocycles. The Kier molecular flexibility index (Phi) is 8.46. The van der Waals surface area contributed by atoms with Crippen molar-refractivity contribution in [2.24, 2.45) is 0 Å². The van der Waals surface area contributed by atoms with Crippen LogP contribution in [0.2, 0.25) is 5.02 Å². The molecular weight excluding hydrogens is 506 g/mol. The summed E-state index contributed by atoms with van der Waals surface area (Å²) in [5.41, 5.74) is 1.24. The molecule has 3 rings (SSSR count). The molecule has 0 bridgehead atoms. The number of halogens is 2. The maximum Gasteiger partial charge on any atom is 0.164 e. The minimum absolute atomic E-state index is 0.0573. The third-order valence-electron chi connectivity index (χ3n) is 4.76. The van der Waals surface area contributed by atoms with Gasteiger partial charge in [0.15, 0.2) is 17.6 Å². The fraction of sp³-hybridized carbons (Fsp3) is 0.333. The van der Waals surface area contributed by atoms with E-state index in [4.69, 9.17) is 26.2 Å². The Hall–Kier alpha value is -2.21. The lowest BCUT2D eigenvalue weighted by Gasteiger charge is -2.26. The van der Waals surface area contributed by atoms with E-state index in [-0.39, 0.29) is 18.8 Å². The first kappa shape index (κ1) is 24.4. The number of nitrogens with zero attached hydrogens (tertiary/aromatic N) is 2. The Morgan fingerprint density at radius 2 is 1.91 bits per heavy atom. The van der Waals surface area contributed by atoms with Gasteiger partial charge in [0.1, 0.15) is 18.2 Å². The smallest absolute Gasteiger partial charge is 0.164 e. The van der Waals surface area contributed by atoms with E-state index in [9.17, 15) is 15.3 Å². The average Bonchev–Trinajstić information content (AvgIpc) is 2.79. The number of rotatable bonds is 10. The Morgan fingerprint density at radius 3 is 2.56 bits per heavy atom. The van der Waals surface area contributed by atoms with Crippen LogP contribution >= 0.6 is 27.5 Å². The Morgan fingerprint density at radius 1 is 1.12 bits per heavy atom. The van der Waals surface area contributed by atoms with Crippen LogP contribution < -0.4 is 14.8 Å². The monoisotopic (exact) mass is 527 g/mol. The van der Waals surface area contributed by atoms with Gasteiger partial charge in [-0.3, -0.25) is 0 Å². The van der Waals surface area contributed by atoms with Crippen molar-refractivity contribution in [1.82, 2.24) is 9.97 Å². The largest absolute Gasteiger partial charge is 0.493 e. The Balaban J connectivity index is 1.93. The van der Waals surface area contributed by atoms with Crippen LogP contribution in [0, 0.1) is 0 Å². The number of aromatic nitrogens is 2. The molecule has 0 aliphatic rings. The maximum absolute atomic E-state index is 10.3. The van der Waals surface area contributed by atoms with E-state index in [1.165, 1.54) is 13.4 Å². The summed E-state index contributed by atoms with van der Waals surface area (Å²) in [4.78, 5) is 8.56. The van der Waals surface area contributed by atoms with Crippen LogP contribution in [-0.2, 0) is 0 Å². The first-order chi connectivity index (χ1) is 15.4.